The maximum Gasteiger partial charge on any atom is 0.0455 e. The van der Waals surface area contributed by atoms with E-state index in [0.29, 0.717) is 0 Å². The maximum absolute atomic E-state index is 2.57. The molecule has 1 aliphatic rings. The Kier molecular flexibility index (Phi) is 3.52. The molecular weight excluding hydrogens is 240 g/mol. The predicted octanol–water partition coefficient (Wildman–Crippen LogP) is 3.43. The van der Waals surface area contributed by atoms with Gasteiger partial charge in [0.25, 0.3) is 0 Å². The second-order valence-corrected chi connectivity index (χ2v) is 5.89. The summed E-state index contributed by atoms with van der Waals surface area (Å²) in [6.45, 7) is 8.24. The van der Waals surface area contributed by atoms with Crippen LogP contribution in [0.1, 0.15) is 13.3 Å². The molecule has 0 amide bonds. The summed E-state index contributed by atoms with van der Waals surface area (Å²) < 4.78 is 1.41. The van der Waals surface area contributed by atoms with Crippen LogP contribution in [0.5, 0.6) is 0 Å². The molecule has 1 fully saturated rings. The monoisotopic (exact) mass is 260 g/mol. The van der Waals surface area contributed by atoms with Gasteiger partial charge in [0.2, 0.25) is 0 Å². The lowest BCUT2D eigenvalue weighted by atomic mass is 10.2. The van der Waals surface area contributed by atoms with Crippen LogP contribution in [0.3, 0.4) is 0 Å². The Balaban J connectivity index is 1.78. The van der Waals surface area contributed by atoms with Gasteiger partial charge in [0.05, 0.1) is 0 Å². The zero-order valence-electron chi connectivity index (χ0n) is 10.9. The Hall–Kier alpha value is -1.06. The number of fused-ring (bicyclic) bond motifs is 1. The van der Waals surface area contributed by atoms with Crippen molar-refractivity contribution < 1.29 is 0 Å². The van der Waals surface area contributed by atoms with E-state index in [0.717, 1.165) is 13.1 Å². The van der Waals surface area contributed by atoms with Crippen molar-refractivity contribution in [2.45, 2.75) is 13.3 Å². The van der Waals surface area contributed by atoms with Crippen LogP contribution in [-0.4, -0.2) is 37.6 Å². The zero-order chi connectivity index (χ0) is 12.4. The summed E-state index contributed by atoms with van der Waals surface area (Å²) in [5, 5.41) is 3.62. The van der Waals surface area contributed by atoms with Gasteiger partial charge in [-0.05, 0) is 36.5 Å². The van der Waals surface area contributed by atoms with E-state index in [1.54, 1.807) is 0 Å². The molecule has 0 spiro atoms. The Morgan fingerprint density at radius 3 is 2.72 bits per heavy atom. The molecule has 0 N–H and O–H groups in total. The Labute approximate surface area is 113 Å². The van der Waals surface area contributed by atoms with Gasteiger partial charge in [-0.15, -0.1) is 11.3 Å². The Bertz CT molecular complexity index is 512. The van der Waals surface area contributed by atoms with Gasteiger partial charge in [-0.1, -0.05) is 13.0 Å². The van der Waals surface area contributed by atoms with Crippen LogP contribution < -0.4 is 4.90 Å². The van der Waals surface area contributed by atoms with Gasteiger partial charge in [-0.3, -0.25) is 4.90 Å². The molecule has 96 valence electrons. The fraction of sp³-hybridized carbons (Fsp3) is 0.467. The minimum absolute atomic E-state index is 1.16. The number of anilines is 1. The summed E-state index contributed by atoms with van der Waals surface area (Å²) in [6.07, 6.45) is 1.26. The molecule has 1 saturated heterocycles. The minimum atomic E-state index is 1.16. The van der Waals surface area contributed by atoms with E-state index in [-0.39, 0.29) is 0 Å². The van der Waals surface area contributed by atoms with Crippen LogP contribution in [-0.2, 0) is 0 Å². The molecule has 3 heteroatoms. The molecule has 0 radical (unpaired) electrons. The minimum Gasteiger partial charge on any atom is -0.368 e. The van der Waals surface area contributed by atoms with Gasteiger partial charge in [-0.25, -0.2) is 0 Å². The zero-order valence-corrected chi connectivity index (χ0v) is 11.7. The number of thiophene rings is 1. The summed E-state index contributed by atoms with van der Waals surface area (Å²) in [5.41, 5.74) is 1.42. The molecule has 3 rings (SSSR count). The second-order valence-electron chi connectivity index (χ2n) is 4.94. The number of hydrogen-bond acceptors (Lipinski definition) is 3. The van der Waals surface area contributed by atoms with Crippen molar-refractivity contribution in [1.29, 1.82) is 0 Å². The normalized spacial score (nSPS) is 17.5. The van der Waals surface area contributed by atoms with E-state index in [4.69, 9.17) is 0 Å². The highest BCUT2D eigenvalue weighted by Crippen LogP contribution is 2.30. The summed E-state index contributed by atoms with van der Waals surface area (Å²) in [5.74, 6) is 0. The lowest BCUT2D eigenvalue weighted by Crippen LogP contribution is -2.46. The van der Waals surface area contributed by atoms with Crippen molar-refractivity contribution in [2.75, 3.05) is 37.6 Å². The molecular formula is C15H20N2S. The molecule has 0 aliphatic carbocycles. The van der Waals surface area contributed by atoms with Crippen molar-refractivity contribution >= 4 is 27.1 Å². The fourth-order valence-electron chi connectivity index (χ4n) is 2.78. The quantitative estimate of drug-likeness (QED) is 0.834. The number of nitrogens with zero attached hydrogens (tertiary/aromatic N) is 2. The molecule has 0 atom stereocenters. The Morgan fingerprint density at radius 1 is 1.11 bits per heavy atom. The average Bonchev–Trinajstić information content (AvgIpc) is 2.88. The lowest BCUT2D eigenvalue weighted by molar-refractivity contribution is 0.258. The van der Waals surface area contributed by atoms with E-state index in [9.17, 15) is 0 Å². The van der Waals surface area contributed by atoms with Gasteiger partial charge in [0.15, 0.2) is 0 Å². The first kappa shape index (κ1) is 12.0. The van der Waals surface area contributed by atoms with Crippen molar-refractivity contribution in [2.24, 2.45) is 0 Å². The van der Waals surface area contributed by atoms with Crippen molar-refractivity contribution in [3.8, 4) is 0 Å². The van der Waals surface area contributed by atoms with E-state index in [2.05, 4.69) is 46.4 Å². The predicted molar refractivity (Wildman–Crippen MR) is 80.8 cm³/mol. The van der Waals surface area contributed by atoms with Crippen LogP contribution in [0, 0.1) is 0 Å². The molecule has 1 aliphatic heterocycles. The number of rotatable bonds is 3. The van der Waals surface area contributed by atoms with Gasteiger partial charge < -0.3 is 4.90 Å². The van der Waals surface area contributed by atoms with Crippen molar-refractivity contribution in [3.63, 3.8) is 0 Å². The maximum atomic E-state index is 2.57. The van der Waals surface area contributed by atoms with Gasteiger partial charge in [0, 0.05) is 42.0 Å². The first-order valence-electron chi connectivity index (χ1n) is 6.82. The van der Waals surface area contributed by atoms with E-state index in [1.807, 2.05) is 11.3 Å². The smallest absolute Gasteiger partial charge is 0.0455 e. The largest absolute Gasteiger partial charge is 0.368 e. The third kappa shape index (κ3) is 2.25. The molecule has 0 unspecified atom stereocenters. The molecule has 18 heavy (non-hydrogen) atoms. The molecule has 0 saturated carbocycles. The van der Waals surface area contributed by atoms with Crippen molar-refractivity contribution in [3.05, 3.63) is 29.6 Å². The molecule has 2 heterocycles. The summed E-state index contributed by atoms with van der Waals surface area (Å²) in [4.78, 5) is 5.12. The topological polar surface area (TPSA) is 6.48 Å². The summed E-state index contributed by atoms with van der Waals surface area (Å²) >= 11 is 1.84. The molecule has 0 bridgehead atoms. The van der Waals surface area contributed by atoms with Gasteiger partial charge >= 0.3 is 0 Å². The highest BCUT2D eigenvalue weighted by molar-refractivity contribution is 7.17. The number of benzene rings is 1. The first-order valence-corrected chi connectivity index (χ1v) is 7.70. The number of hydrogen-bond donors (Lipinski definition) is 0. The van der Waals surface area contributed by atoms with E-state index >= 15 is 0 Å². The molecule has 2 nitrogen and oxygen atoms in total. The van der Waals surface area contributed by atoms with E-state index < -0.39 is 0 Å². The first-order chi connectivity index (χ1) is 8.88. The average molecular weight is 260 g/mol. The SMILES string of the molecule is CCCN1CCN(c2cccc3sccc23)CC1. The second kappa shape index (κ2) is 5.29. The van der Waals surface area contributed by atoms with Crippen LogP contribution in [0.2, 0.25) is 0 Å². The summed E-state index contributed by atoms with van der Waals surface area (Å²) in [6, 6.07) is 8.93. The molecule has 2 aromatic rings. The van der Waals surface area contributed by atoms with E-state index in [1.165, 1.54) is 41.8 Å². The van der Waals surface area contributed by atoms with Crippen LogP contribution >= 0.6 is 11.3 Å². The molecule has 1 aromatic heterocycles. The van der Waals surface area contributed by atoms with Crippen LogP contribution in [0.25, 0.3) is 10.1 Å². The third-order valence-corrected chi connectivity index (χ3v) is 4.61. The molecule has 1 aromatic carbocycles. The van der Waals surface area contributed by atoms with Crippen molar-refractivity contribution in [1.82, 2.24) is 4.90 Å². The highest BCUT2D eigenvalue weighted by atomic mass is 32.1. The standard InChI is InChI=1S/C15H20N2S/c1-2-7-16-8-10-17(11-9-16)14-4-3-5-15-13(14)6-12-18-15/h3-6,12H,2,7-11H2,1H3. The summed E-state index contributed by atoms with van der Waals surface area (Å²) in [7, 11) is 0. The fourth-order valence-corrected chi connectivity index (χ4v) is 3.59. The lowest BCUT2D eigenvalue weighted by Gasteiger charge is -2.36. The third-order valence-electron chi connectivity index (χ3n) is 3.73. The number of piperazine rings is 1. The Morgan fingerprint density at radius 2 is 1.94 bits per heavy atom. The highest BCUT2D eigenvalue weighted by Gasteiger charge is 2.17. The van der Waals surface area contributed by atoms with Crippen LogP contribution in [0.15, 0.2) is 29.6 Å². The van der Waals surface area contributed by atoms with Gasteiger partial charge in [-0.2, -0.15) is 0 Å². The van der Waals surface area contributed by atoms with Gasteiger partial charge in [0.1, 0.15) is 0 Å². The van der Waals surface area contributed by atoms with Crippen LogP contribution in [0.4, 0.5) is 5.69 Å².